The van der Waals surface area contributed by atoms with Crippen LogP contribution in [0.4, 0.5) is 0 Å². The van der Waals surface area contributed by atoms with Crippen LogP contribution in [-0.2, 0) is 20.7 Å². The Morgan fingerprint density at radius 3 is 2.41 bits per heavy atom. The Morgan fingerprint density at radius 1 is 0.969 bits per heavy atom. The zero-order valence-electron chi connectivity index (χ0n) is 18.5. The quantitative estimate of drug-likeness (QED) is 0.273. The summed E-state index contributed by atoms with van der Waals surface area (Å²) in [6, 6.07) is 21.0. The van der Waals surface area contributed by atoms with Crippen LogP contribution in [0.25, 0.3) is 10.8 Å². The van der Waals surface area contributed by atoms with E-state index in [4.69, 9.17) is 4.74 Å². The lowest BCUT2D eigenvalue weighted by Gasteiger charge is -2.29. The Morgan fingerprint density at radius 2 is 1.66 bits per heavy atom. The fraction of sp³-hybridized carbons (Fsp3) is 0.296. The smallest absolute Gasteiger partial charge is 0.320 e. The zero-order chi connectivity index (χ0) is 22.9. The molecule has 0 saturated heterocycles. The molecule has 0 fully saturated rings. The first-order valence-electron chi connectivity index (χ1n) is 10.7. The Hall–Kier alpha value is -2.92. The van der Waals surface area contributed by atoms with Gasteiger partial charge in [0.1, 0.15) is 11.0 Å². The highest BCUT2D eigenvalue weighted by Gasteiger charge is 2.53. The molecule has 0 amide bonds. The van der Waals surface area contributed by atoms with Crippen molar-refractivity contribution in [3.63, 3.8) is 0 Å². The van der Waals surface area contributed by atoms with Gasteiger partial charge in [0, 0.05) is 16.9 Å². The van der Waals surface area contributed by atoms with Crippen LogP contribution in [0.5, 0.6) is 0 Å². The van der Waals surface area contributed by atoms with E-state index in [0.29, 0.717) is 5.56 Å². The molecule has 4 nitrogen and oxygen atoms in total. The summed E-state index contributed by atoms with van der Waals surface area (Å²) in [6.07, 6.45) is 0.502. The molecule has 1 aliphatic rings. The number of ether oxygens (including phenoxy) is 1. The maximum atomic E-state index is 13.4. The molecule has 0 saturated carbocycles. The van der Waals surface area contributed by atoms with E-state index >= 15 is 0 Å². The maximum absolute atomic E-state index is 13.4. The lowest BCUT2D eigenvalue weighted by Crippen LogP contribution is -2.42. The molecule has 0 aromatic heterocycles. The number of fused-ring (bicyclic) bond motifs is 2. The van der Waals surface area contributed by atoms with E-state index < -0.39 is 17.0 Å². The molecular weight excluding hydrogens is 420 g/mol. The lowest BCUT2D eigenvalue weighted by atomic mass is 9.79. The van der Waals surface area contributed by atoms with Gasteiger partial charge < -0.3 is 4.74 Å². The van der Waals surface area contributed by atoms with E-state index in [-0.39, 0.29) is 30.2 Å². The molecule has 4 rings (SSSR count). The largest absolute Gasteiger partial charge is 0.459 e. The average Bonchev–Trinajstić information content (AvgIpc) is 3.05. The summed E-state index contributed by atoms with van der Waals surface area (Å²) in [5.41, 5.74) is -0.697. The first kappa shape index (κ1) is 22.3. The van der Waals surface area contributed by atoms with E-state index in [0.717, 1.165) is 33.0 Å². The standard InChI is InChI=1S/C27H26O4S/c1-26(2,3)31-25(30)27(17-19-10-5-7-13-21(19)24(27)29)16-15-23(28)32-22-14-8-11-18-9-4-6-12-20(18)22/h4-14H,15-17H2,1-3H3/t27-/m1/s1. The number of carbonyl (C=O) groups is 3. The van der Waals surface area contributed by atoms with Crippen LogP contribution in [0.2, 0.25) is 0 Å². The summed E-state index contributed by atoms with van der Waals surface area (Å²) in [4.78, 5) is 40.4. The molecule has 0 N–H and O–H groups in total. The van der Waals surface area contributed by atoms with Gasteiger partial charge in [-0.2, -0.15) is 0 Å². The van der Waals surface area contributed by atoms with Crippen molar-refractivity contribution in [1.82, 2.24) is 0 Å². The van der Waals surface area contributed by atoms with E-state index in [9.17, 15) is 14.4 Å². The number of ketones is 1. The summed E-state index contributed by atoms with van der Waals surface area (Å²) < 4.78 is 5.66. The van der Waals surface area contributed by atoms with Gasteiger partial charge in [0.2, 0.25) is 0 Å². The second-order valence-corrected chi connectivity index (χ2v) is 10.3. The van der Waals surface area contributed by atoms with Gasteiger partial charge in [0.05, 0.1) is 0 Å². The molecular formula is C27H26O4S. The summed E-state index contributed by atoms with van der Waals surface area (Å²) in [6.45, 7) is 5.35. The summed E-state index contributed by atoms with van der Waals surface area (Å²) in [5, 5.41) is 2.00. The third kappa shape index (κ3) is 4.35. The van der Waals surface area contributed by atoms with Crippen molar-refractivity contribution in [2.45, 2.75) is 50.5 Å². The second kappa shape index (κ2) is 8.55. The minimum Gasteiger partial charge on any atom is -0.459 e. The molecule has 3 aromatic rings. The highest BCUT2D eigenvalue weighted by Crippen LogP contribution is 2.43. The van der Waals surface area contributed by atoms with E-state index in [2.05, 4.69) is 0 Å². The average molecular weight is 447 g/mol. The minimum absolute atomic E-state index is 0.0759. The first-order valence-corrected chi connectivity index (χ1v) is 11.6. The third-order valence-electron chi connectivity index (χ3n) is 5.71. The number of esters is 1. The van der Waals surface area contributed by atoms with Gasteiger partial charge in [0.15, 0.2) is 10.9 Å². The number of hydrogen-bond donors (Lipinski definition) is 0. The Labute approximate surface area is 192 Å². The highest BCUT2D eigenvalue weighted by molar-refractivity contribution is 8.13. The van der Waals surface area contributed by atoms with Crippen molar-refractivity contribution in [3.8, 4) is 0 Å². The van der Waals surface area contributed by atoms with Gasteiger partial charge in [-0.1, -0.05) is 72.4 Å². The normalized spacial score (nSPS) is 17.9. The van der Waals surface area contributed by atoms with Crippen LogP contribution < -0.4 is 0 Å². The number of carbonyl (C=O) groups excluding carboxylic acids is 3. The summed E-state index contributed by atoms with van der Waals surface area (Å²) in [7, 11) is 0. The topological polar surface area (TPSA) is 60.4 Å². The van der Waals surface area contributed by atoms with Crippen molar-refractivity contribution in [1.29, 1.82) is 0 Å². The van der Waals surface area contributed by atoms with Crippen LogP contribution in [0.15, 0.2) is 71.6 Å². The van der Waals surface area contributed by atoms with E-state index in [1.807, 2.05) is 54.6 Å². The predicted octanol–water partition coefficient (Wildman–Crippen LogP) is 6.01. The number of hydrogen-bond acceptors (Lipinski definition) is 5. The van der Waals surface area contributed by atoms with E-state index in [1.54, 1.807) is 32.9 Å². The predicted molar refractivity (Wildman–Crippen MR) is 127 cm³/mol. The van der Waals surface area contributed by atoms with Crippen molar-refractivity contribution < 1.29 is 19.1 Å². The van der Waals surface area contributed by atoms with Crippen LogP contribution in [0, 0.1) is 5.41 Å². The molecule has 164 valence electrons. The van der Waals surface area contributed by atoms with Crippen LogP contribution in [0.1, 0.15) is 49.5 Å². The van der Waals surface area contributed by atoms with Crippen LogP contribution in [-0.4, -0.2) is 22.5 Å². The maximum Gasteiger partial charge on any atom is 0.320 e. The van der Waals surface area contributed by atoms with Gasteiger partial charge in [-0.3, -0.25) is 14.4 Å². The highest BCUT2D eigenvalue weighted by atomic mass is 32.2. The third-order valence-corrected chi connectivity index (χ3v) is 6.72. The summed E-state index contributed by atoms with van der Waals surface area (Å²) in [5.74, 6) is -0.792. The van der Waals surface area contributed by atoms with Gasteiger partial charge in [0.25, 0.3) is 0 Å². The van der Waals surface area contributed by atoms with Gasteiger partial charge >= 0.3 is 5.97 Å². The van der Waals surface area contributed by atoms with Crippen LogP contribution in [0.3, 0.4) is 0 Å². The molecule has 0 unspecified atom stereocenters. The molecule has 32 heavy (non-hydrogen) atoms. The molecule has 1 aliphatic carbocycles. The van der Waals surface area contributed by atoms with Crippen molar-refractivity contribution in [3.05, 3.63) is 77.9 Å². The minimum atomic E-state index is -1.36. The fourth-order valence-corrected chi connectivity index (χ4v) is 5.07. The molecule has 0 spiro atoms. The SMILES string of the molecule is CC(C)(C)OC(=O)[C@]1(CCC(=O)Sc2cccc3ccccc23)Cc2ccccc2C1=O. The van der Waals surface area contributed by atoms with Crippen molar-refractivity contribution in [2.24, 2.45) is 5.41 Å². The molecule has 0 bridgehead atoms. The van der Waals surface area contributed by atoms with E-state index in [1.165, 1.54) is 0 Å². The fourth-order valence-electron chi connectivity index (χ4n) is 4.18. The molecule has 0 aliphatic heterocycles. The monoisotopic (exact) mass is 446 g/mol. The summed E-state index contributed by atoms with van der Waals surface area (Å²) >= 11 is 1.16. The van der Waals surface area contributed by atoms with Gasteiger partial charge in [-0.25, -0.2) is 0 Å². The molecule has 1 atom stereocenters. The number of Topliss-reactive ketones (excluding diaryl/α,β-unsaturated/α-hetero) is 1. The molecule has 0 radical (unpaired) electrons. The van der Waals surface area contributed by atoms with Crippen molar-refractivity contribution in [2.75, 3.05) is 0 Å². The number of rotatable bonds is 5. The molecule has 3 aromatic carbocycles. The molecule has 0 heterocycles. The Bertz CT molecular complexity index is 1200. The van der Waals surface area contributed by atoms with Gasteiger partial charge in [-0.15, -0.1) is 0 Å². The van der Waals surface area contributed by atoms with Crippen LogP contribution >= 0.6 is 11.8 Å². The van der Waals surface area contributed by atoms with Gasteiger partial charge in [-0.05, 0) is 56.0 Å². The van der Waals surface area contributed by atoms with Crippen molar-refractivity contribution >= 4 is 39.4 Å². The zero-order valence-corrected chi connectivity index (χ0v) is 19.3. The first-order chi connectivity index (χ1) is 15.2. The molecule has 5 heteroatoms. The second-order valence-electron chi connectivity index (χ2n) is 9.20. The Balaban J connectivity index is 1.56. The Kier molecular flexibility index (Phi) is 5.95. The number of benzene rings is 3. The lowest BCUT2D eigenvalue weighted by molar-refractivity contribution is -0.164. The number of thioether (sulfide) groups is 1.